The van der Waals surface area contributed by atoms with Gasteiger partial charge in [-0.15, -0.1) is 0 Å². The van der Waals surface area contributed by atoms with E-state index in [1.807, 2.05) is 6.92 Å². The van der Waals surface area contributed by atoms with Crippen LogP contribution >= 0.6 is 0 Å². The second-order valence-electron chi connectivity index (χ2n) is 4.71. The zero-order chi connectivity index (χ0) is 11.3. The fourth-order valence-corrected chi connectivity index (χ4v) is 2.26. The van der Waals surface area contributed by atoms with Crippen LogP contribution in [0.2, 0.25) is 0 Å². The molecule has 1 amide bonds. The summed E-state index contributed by atoms with van der Waals surface area (Å²) in [4.78, 5) is 14.2. The molecule has 3 heteroatoms. The molecule has 88 valence electrons. The minimum absolute atomic E-state index is 0.147. The third kappa shape index (κ3) is 3.49. The van der Waals surface area contributed by atoms with Crippen LogP contribution in [-0.2, 0) is 4.79 Å². The first-order valence-electron chi connectivity index (χ1n) is 6.17. The number of carbonyl (C=O) groups is 1. The van der Waals surface area contributed by atoms with Crippen LogP contribution in [0.15, 0.2) is 0 Å². The van der Waals surface area contributed by atoms with E-state index in [2.05, 4.69) is 11.8 Å². The van der Waals surface area contributed by atoms with E-state index in [1.165, 1.54) is 12.8 Å². The summed E-state index contributed by atoms with van der Waals surface area (Å²) in [5, 5.41) is 0. The van der Waals surface area contributed by atoms with Gasteiger partial charge in [-0.2, -0.15) is 0 Å². The molecular formula is C12H24N2O. The average molecular weight is 212 g/mol. The standard InChI is InChI=1S/C12H24N2O/c1-10(6-5-8-13)12(15)14-9-4-3-7-11(14)2/h10-11H,3-9,13H2,1-2H3. The van der Waals surface area contributed by atoms with Crippen molar-refractivity contribution in [3.05, 3.63) is 0 Å². The van der Waals surface area contributed by atoms with Gasteiger partial charge in [0.2, 0.25) is 5.91 Å². The molecule has 2 atom stereocenters. The number of piperidine rings is 1. The summed E-state index contributed by atoms with van der Waals surface area (Å²) in [6.07, 6.45) is 5.48. The number of amides is 1. The lowest BCUT2D eigenvalue weighted by Gasteiger charge is -2.35. The van der Waals surface area contributed by atoms with Crippen LogP contribution in [0.1, 0.15) is 46.0 Å². The normalized spacial score (nSPS) is 23.9. The second kappa shape index (κ2) is 6.11. The Morgan fingerprint density at radius 2 is 2.27 bits per heavy atom. The summed E-state index contributed by atoms with van der Waals surface area (Å²) in [6.45, 7) is 5.83. The van der Waals surface area contributed by atoms with Crippen LogP contribution in [-0.4, -0.2) is 29.9 Å². The Morgan fingerprint density at radius 3 is 2.87 bits per heavy atom. The highest BCUT2D eigenvalue weighted by Gasteiger charge is 2.26. The first-order valence-corrected chi connectivity index (χ1v) is 6.17. The number of nitrogens with zero attached hydrogens (tertiary/aromatic N) is 1. The quantitative estimate of drug-likeness (QED) is 0.772. The molecule has 1 heterocycles. The lowest BCUT2D eigenvalue weighted by atomic mass is 9.98. The lowest BCUT2D eigenvalue weighted by molar-refractivity contribution is -0.138. The molecule has 0 aromatic carbocycles. The predicted octanol–water partition coefficient (Wildman–Crippen LogP) is 1.76. The van der Waals surface area contributed by atoms with Crippen LogP contribution in [0.4, 0.5) is 0 Å². The summed E-state index contributed by atoms with van der Waals surface area (Å²) in [6, 6.07) is 0.437. The van der Waals surface area contributed by atoms with Gasteiger partial charge < -0.3 is 10.6 Å². The van der Waals surface area contributed by atoms with E-state index in [1.54, 1.807) is 0 Å². The summed E-state index contributed by atoms with van der Waals surface area (Å²) in [7, 11) is 0. The SMILES string of the molecule is CC(CCCN)C(=O)N1CCCCC1C. The van der Waals surface area contributed by atoms with Gasteiger partial charge in [0.1, 0.15) is 0 Å². The Balaban J connectivity index is 2.43. The highest BCUT2D eigenvalue weighted by molar-refractivity contribution is 5.78. The van der Waals surface area contributed by atoms with Crippen molar-refractivity contribution in [2.24, 2.45) is 11.7 Å². The fourth-order valence-electron chi connectivity index (χ4n) is 2.26. The van der Waals surface area contributed by atoms with E-state index in [9.17, 15) is 4.79 Å². The van der Waals surface area contributed by atoms with E-state index in [0.717, 1.165) is 25.8 Å². The van der Waals surface area contributed by atoms with Crippen molar-refractivity contribution in [1.29, 1.82) is 0 Å². The third-order valence-electron chi connectivity index (χ3n) is 3.35. The lowest BCUT2D eigenvalue weighted by Crippen LogP contribution is -2.44. The zero-order valence-corrected chi connectivity index (χ0v) is 10.0. The van der Waals surface area contributed by atoms with Gasteiger partial charge in [0.25, 0.3) is 0 Å². The molecule has 3 nitrogen and oxygen atoms in total. The maximum Gasteiger partial charge on any atom is 0.225 e. The molecule has 1 fully saturated rings. The second-order valence-corrected chi connectivity index (χ2v) is 4.71. The molecule has 1 aliphatic heterocycles. The van der Waals surface area contributed by atoms with Crippen LogP contribution in [0.5, 0.6) is 0 Å². The molecule has 0 spiro atoms. The van der Waals surface area contributed by atoms with Gasteiger partial charge in [-0.25, -0.2) is 0 Å². The number of hydrogen-bond acceptors (Lipinski definition) is 2. The van der Waals surface area contributed by atoms with Crippen molar-refractivity contribution in [3.63, 3.8) is 0 Å². The molecule has 0 aromatic rings. The maximum absolute atomic E-state index is 12.1. The first-order chi connectivity index (χ1) is 7.16. The summed E-state index contributed by atoms with van der Waals surface area (Å²) >= 11 is 0. The van der Waals surface area contributed by atoms with Gasteiger partial charge in [-0.3, -0.25) is 4.79 Å². The number of rotatable bonds is 4. The highest BCUT2D eigenvalue weighted by atomic mass is 16.2. The molecule has 15 heavy (non-hydrogen) atoms. The molecular weight excluding hydrogens is 188 g/mol. The molecule has 1 aliphatic rings. The molecule has 2 unspecified atom stereocenters. The van der Waals surface area contributed by atoms with Crippen LogP contribution in [0.25, 0.3) is 0 Å². The smallest absolute Gasteiger partial charge is 0.225 e. The zero-order valence-electron chi connectivity index (χ0n) is 10.0. The summed E-state index contributed by atoms with van der Waals surface area (Å²) < 4.78 is 0. The molecule has 0 bridgehead atoms. The molecule has 1 saturated heterocycles. The van der Waals surface area contributed by atoms with E-state index in [-0.39, 0.29) is 5.92 Å². The molecule has 1 rings (SSSR count). The van der Waals surface area contributed by atoms with Gasteiger partial charge >= 0.3 is 0 Å². The van der Waals surface area contributed by atoms with E-state index >= 15 is 0 Å². The highest BCUT2D eigenvalue weighted by Crippen LogP contribution is 2.20. The van der Waals surface area contributed by atoms with E-state index in [0.29, 0.717) is 18.5 Å². The minimum Gasteiger partial charge on any atom is -0.340 e. The Bertz CT molecular complexity index is 206. The Morgan fingerprint density at radius 1 is 1.53 bits per heavy atom. The van der Waals surface area contributed by atoms with Crippen molar-refractivity contribution in [1.82, 2.24) is 4.90 Å². The Labute approximate surface area is 93.0 Å². The van der Waals surface area contributed by atoms with Crippen LogP contribution in [0, 0.1) is 5.92 Å². The summed E-state index contributed by atoms with van der Waals surface area (Å²) in [5.74, 6) is 0.477. The van der Waals surface area contributed by atoms with Crippen LogP contribution in [0.3, 0.4) is 0 Å². The topological polar surface area (TPSA) is 46.3 Å². The molecule has 0 radical (unpaired) electrons. The molecule has 0 saturated carbocycles. The largest absolute Gasteiger partial charge is 0.340 e. The van der Waals surface area contributed by atoms with Gasteiger partial charge in [0.15, 0.2) is 0 Å². The third-order valence-corrected chi connectivity index (χ3v) is 3.35. The van der Waals surface area contributed by atoms with Gasteiger partial charge in [-0.1, -0.05) is 6.92 Å². The van der Waals surface area contributed by atoms with Crippen molar-refractivity contribution < 1.29 is 4.79 Å². The monoisotopic (exact) mass is 212 g/mol. The van der Waals surface area contributed by atoms with Gasteiger partial charge in [-0.05, 0) is 45.6 Å². The number of hydrogen-bond donors (Lipinski definition) is 1. The van der Waals surface area contributed by atoms with Crippen molar-refractivity contribution in [2.45, 2.75) is 52.0 Å². The molecule has 0 aliphatic carbocycles. The summed E-state index contributed by atoms with van der Waals surface area (Å²) in [5.41, 5.74) is 5.46. The Hall–Kier alpha value is -0.570. The number of carbonyl (C=O) groups excluding carboxylic acids is 1. The van der Waals surface area contributed by atoms with Crippen molar-refractivity contribution >= 4 is 5.91 Å². The van der Waals surface area contributed by atoms with E-state index in [4.69, 9.17) is 5.73 Å². The van der Waals surface area contributed by atoms with Crippen molar-refractivity contribution in [3.8, 4) is 0 Å². The number of likely N-dealkylation sites (tertiary alicyclic amines) is 1. The van der Waals surface area contributed by atoms with Gasteiger partial charge in [0, 0.05) is 18.5 Å². The fraction of sp³-hybridized carbons (Fsp3) is 0.917. The van der Waals surface area contributed by atoms with Gasteiger partial charge in [0.05, 0.1) is 0 Å². The van der Waals surface area contributed by atoms with E-state index < -0.39 is 0 Å². The maximum atomic E-state index is 12.1. The van der Waals surface area contributed by atoms with Crippen LogP contribution < -0.4 is 5.73 Å². The average Bonchev–Trinajstić information content (AvgIpc) is 2.25. The van der Waals surface area contributed by atoms with Crippen molar-refractivity contribution in [2.75, 3.05) is 13.1 Å². The molecule has 2 N–H and O–H groups in total. The Kier molecular flexibility index (Phi) is 5.09. The molecule has 0 aromatic heterocycles. The minimum atomic E-state index is 0.147. The number of nitrogens with two attached hydrogens (primary N) is 1. The first kappa shape index (κ1) is 12.5. The predicted molar refractivity (Wildman–Crippen MR) is 62.5 cm³/mol.